The third kappa shape index (κ3) is 1.46. The molecule has 0 unspecified atom stereocenters. The van der Waals surface area contributed by atoms with E-state index in [0.29, 0.717) is 10.8 Å². The lowest BCUT2D eigenvalue weighted by Gasteiger charge is -1.96. The zero-order valence-electron chi connectivity index (χ0n) is 6.44. The molecule has 2 heterocycles. The van der Waals surface area contributed by atoms with Crippen LogP contribution in [-0.2, 0) is 0 Å². The molecule has 6 heteroatoms. The van der Waals surface area contributed by atoms with Crippen LogP contribution in [0.15, 0.2) is 29.5 Å². The highest BCUT2D eigenvalue weighted by molar-refractivity contribution is 6.30. The minimum Gasteiger partial charge on any atom is -0.246 e. The maximum atomic E-state index is 11.1. The number of nitrogens with one attached hydrogen (secondary N) is 1. The Kier molecular flexibility index (Phi) is 1.86. The fourth-order valence-electron chi connectivity index (χ4n) is 0.922. The number of aromatic nitrogens is 4. The molecule has 66 valence electrons. The molecule has 2 aromatic heterocycles. The predicted octanol–water partition coefficient (Wildman–Crippen LogP) is 0.609. The molecule has 0 saturated heterocycles. The normalized spacial score (nSPS) is 10.2. The molecule has 0 fully saturated rings. The molecule has 0 aliphatic carbocycles. The predicted molar refractivity (Wildman–Crippen MR) is 47.0 cm³/mol. The quantitative estimate of drug-likeness (QED) is 0.727. The van der Waals surface area contributed by atoms with E-state index in [0.717, 1.165) is 0 Å². The number of H-pyrrole nitrogens is 1. The minimum atomic E-state index is -0.324. The number of rotatable bonds is 1. The first-order chi connectivity index (χ1) is 6.27. The molecule has 13 heavy (non-hydrogen) atoms. The molecule has 0 atom stereocenters. The van der Waals surface area contributed by atoms with Crippen LogP contribution in [0.3, 0.4) is 0 Å². The van der Waals surface area contributed by atoms with E-state index in [9.17, 15) is 4.79 Å². The van der Waals surface area contributed by atoms with Gasteiger partial charge in [0, 0.05) is 6.20 Å². The molecule has 2 rings (SSSR count). The molecule has 2 aromatic rings. The first-order valence-corrected chi connectivity index (χ1v) is 3.89. The average Bonchev–Trinajstić information content (AvgIpc) is 2.53. The van der Waals surface area contributed by atoms with Crippen LogP contribution in [0.1, 0.15) is 0 Å². The Labute approximate surface area is 78.0 Å². The summed E-state index contributed by atoms with van der Waals surface area (Å²) in [4.78, 5) is 15.0. The van der Waals surface area contributed by atoms with Crippen molar-refractivity contribution >= 4 is 11.6 Å². The summed E-state index contributed by atoms with van der Waals surface area (Å²) < 4.78 is 1.29. The molecular weight excluding hydrogens is 192 g/mol. The Bertz CT molecular complexity index is 458. The molecule has 0 aliphatic heterocycles. The van der Waals surface area contributed by atoms with E-state index in [4.69, 9.17) is 11.6 Å². The smallest absolute Gasteiger partial charge is 0.246 e. The highest BCUT2D eigenvalue weighted by Gasteiger charge is 2.00. The van der Waals surface area contributed by atoms with Crippen molar-refractivity contribution in [3.05, 3.63) is 40.2 Å². The standard InChI is InChI=1S/C7H5ClN4O/c8-5-1-2-6(9-3-5)12-4-10-11-7(12)13/h1-4H,(H,11,13). The maximum absolute atomic E-state index is 11.1. The lowest BCUT2D eigenvalue weighted by molar-refractivity contribution is 0.940. The Morgan fingerprint density at radius 2 is 2.31 bits per heavy atom. The van der Waals surface area contributed by atoms with Gasteiger partial charge in [-0.2, -0.15) is 5.10 Å². The molecule has 0 saturated carbocycles. The molecular formula is C7H5ClN4O. The number of nitrogens with zero attached hydrogens (tertiary/aromatic N) is 3. The number of hydrogen-bond acceptors (Lipinski definition) is 3. The van der Waals surface area contributed by atoms with Gasteiger partial charge < -0.3 is 0 Å². The zero-order chi connectivity index (χ0) is 9.26. The van der Waals surface area contributed by atoms with Crippen molar-refractivity contribution in [2.24, 2.45) is 0 Å². The van der Waals surface area contributed by atoms with Crippen LogP contribution in [0.25, 0.3) is 5.82 Å². The number of pyridine rings is 1. The van der Waals surface area contributed by atoms with E-state index in [2.05, 4.69) is 15.2 Å². The zero-order valence-corrected chi connectivity index (χ0v) is 7.19. The summed E-state index contributed by atoms with van der Waals surface area (Å²) in [6.07, 6.45) is 2.83. The van der Waals surface area contributed by atoms with Crippen molar-refractivity contribution in [1.29, 1.82) is 0 Å². The van der Waals surface area contributed by atoms with Crippen LogP contribution in [0.5, 0.6) is 0 Å². The highest BCUT2D eigenvalue weighted by Crippen LogP contribution is 2.07. The van der Waals surface area contributed by atoms with Crippen LogP contribution in [0, 0.1) is 0 Å². The maximum Gasteiger partial charge on any atom is 0.348 e. The van der Waals surface area contributed by atoms with Crippen LogP contribution >= 0.6 is 11.6 Å². The fourth-order valence-corrected chi connectivity index (χ4v) is 1.03. The van der Waals surface area contributed by atoms with Crippen molar-refractivity contribution < 1.29 is 0 Å². The van der Waals surface area contributed by atoms with E-state index < -0.39 is 0 Å². The van der Waals surface area contributed by atoms with E-state index in [1.54, 1.807) is 12.1 Å². The van der Waals surface area contributed by atoms with E-state index in [1.165, 1.54) is 17.1 Å². The van der Waals surface area contributed by atoms with Crippen LogP contribution in [-0.4, -0.2) is 19.7 Å². The second kappa shape index (κ2) is 3.02. The first kappa shape index (κ1) is 8.00. The molecule has 0 radical (unpaired) electrons. The molecule has 0 aliphatic rings. The van der Waals surface area contributed by atoms with Gasteiger partial charge in [0.15, 0.2) is 0 Å². The number of hydrogen-bond donors (Lipinski definition) is 1. The third-order valence-corrected chi connectivity index (χ3v) is 1.73. The summed E-state index contributed by atoms with van der Waals surface area (Å²) in [6, 6.07) is 3.29. The summed E-state index contributed by atoms with van der Waals surface area (Å²) in [5, 5.41) is 6.37. The summed E-state index contributed by atoms with van der Waals surface area (Å²) in [6.45, 7) is 0. The van der Waals surface area contributed by atoms with Gasteiger partial charge >= 0.3 is 5.69 Å². The monoisotopic (exact) mass is 196 g/mol. The Hall–Kier alpha value is -1.62. The summed E-state index contributed by atoms with van der Waals surface area (Å²) in [7, 11) is 0. The molecule has 0 aromatic carbocycles. The topological polar surface area (TPSA) is 63.6 Å². The van der Waals surface area contributed by atoms with Gasteiger partial charge in [-0.15, -0.1) is 0 Å². The van der Waals surface area contributed by atoms with Gasteiger partial charge in [0.2, 0.25) is 0 Å². The van der Waals surface area contributed by atoms with Crippen molar-refractivity contribution in [2.45, 2.75) is 0 Å². The number of halogens is 1. The van der Waals surface area contributed by atoms with Gasteiger partial charge in [-0.05, 0) is 12.1 Å². The van der Waals surface area contributed by atoms with Gasteiger partial charge in [-0.3, -0.25) is 0 Å². The summed E-state index contributed by atoms with van der Waals surface area (Å²) in [5.74, 6) is 0.489. The minimum absolute atomic E-state index is 0.324. The van der Waals surface area contributed by atoms with Gasteiger partial charge in [-0.1, -0.05) is 11.6 Å². The van der Waals surface area contributed by atoms with Gasteiger partial charge in [-0.25, -0.2) is 19.4 Å². The van der Waals surface area contributed by atoms with Crippen LogP contribution in [0.4, 0.5) is 0 Å². The van der Waals surface area contributed by atoms with Crippen molar-refractivity contribution in [3.8, 4) is 5.82 Å². The first-order valence-electron chi connectivity index (χ1n) is 3.51. The SMILES string of the molecule is O=c1[nH]ncn1-c1ccc(Cl)cn1. The third-order valence-electron chi connectivity index (χ3n) is 1.51. The number of aromatic amines is 1. The van der Waals surface area contributed by atoms with Gasteiger partial charge in [0.1, 0.15) is 12.1 Å². The average molecular weight is 197 g/mol. The lowest BCUT2D eigenvalue weighted by atomic mass is 10.4. The molecule has 1 N–H and O–H groups in total. The molecule has 5 nitrogen and oxygen atoms in total. The lowest BCUT2D eigenvalue weighted by Crippen LogP contribution is -2.14. The van der Waals surface area contributed by atoms with Gasteiger partial charge in [0.05, 0.1) is 5.02 Å². The second-order valence-corrected chi connectivity index (χ2v) is 2.80. The molecule has 0 bridgehead atoms. The Morgan fingerprint density at radius 3 is 2.85 bits per heavy atom. The second-order valence-electron chi connectivity index (χ2n) is 2.37. The van der Waals surface area contributed by atoms with E-state index >= 15 is 0 Å². The van der Waals surface area contributed by atoms with Crippen molar-refractivity contribution in [1.82, 2.24) is 19.7 Å². The van der Waals surface area contributed by atoms with E-state index in [1.807, 2.05) is 0 Å². The van der Waals surface area contributed by atoms with Gasteiger partial charge in [0.25, 0.3) is 0 Å². The van der Waals surface area contributed by atoms with Crippen molar-refractivity contribution in [2.75, 3.05) is 0 Å². The van der Waals surface area contributed by atoms with Crippen LogP contribution < -0.4 is 5.69 Å². The molecule has 0 spiro atoms. The van der Waals surface area contributed by atoms with E-state index in [-0.39, 0.29) is 5.69 Å². The Morgan fingerprint density at radius 1 is 1.46 bits per heavy atom. The summed E-state index contributed by atoms with van der Waals surface area (Å²) >= 11 is 5.64. The molecule has 0 amide bonds. The summed E-state index contributed by atoms with van der Waals surface area (Å²) in [5.41, 5.74) is -0.324. The van der Waals surface area contributed by atoms with Crippen molar-refractivity contribution in [3.63, 3.8) is 0 Å². The van der Waals surface area contributed by atoms with Crippen LogP contribution in [0.2, 0.25) is 5.02 Å². The Balaban J connectivity index is 2.54. The fraction of sp³-hybridized carbons (Fsp3) is 0. The largest absolute Gasteiger partial charge is 0.348 e. The highest BCUT2D eigenvalue weighted by atomic mass is 35.5.